The summed E-state index contributed by atoms with van der Waals surface area (Å²) in [4.78, 5) is 12.3. The Hall–Kier alpha value is -1.51. The minimum absolute atomic E-state index is 0.145. The van der Waals surface area contributed by atoms with Gasteiger partial charge in [0.25, 0.3) is 5.91 Å². The molecule has 5 heteroatoms. The lowest BCUT2D eigenvalue weighted by Crippen LogP contribution is -2.45. The summed E-state index contributed by atoms with van der Waals surface area (Å²) in [6.07, 6.45) is 5.48. The van der Waals surface area contributed by atoms with Crippen LogP contribution < -0.4 is 11.1 Å². The lowest BCUT2D eigenvalue weighted by atomic mass is 9.84. The molecule has 1 saturated carbocycles. The molecule has 2 rings (SSSR count). The van der Waals surface area contributed by atoms with Crippen molar-refractivity contribution in [1.82, 2.24) is 5.32 Å². The van der Waals surface area contributed by atoms with Crippen LogP contribution in [-0.2, 0) is 0 Å². The number of hydrogen-bond acceptors (Lipinski definition) is 3. The van der Waals surface area contributed by atoms with E-state index >= 15 is 0 Å². The summed E-state index contributed by atoms with van der Waals surface area (Å²) in [6, 6.07) is 4.04. The molecule has 0 heterocycles. The van der Waals surface area contributed by atoms with Crippen molar-refractivity contribution in [3.05, 3.63) is 35.1 Å². The number of nitrogens with one attached hydrogen (secondary N) is 1. The van der Waals surface area contributed by atoms with Gasteiger partial charge in [0.15, 0.2) is 0 Å². The van der Waals surface area contributed by atoms with Gasteiger partial charge in [0.1, 0.15) is 5.82 Å². The molecule has 3 N–H and O–H groups in total. The first-order valence-electron chi connectivity index (χ1n) is 6.92. The summed E-state index contributed by atoms with van der Waals surface area (Å²) in [6.45, 7) is 0.807. The van der Waals surface area contributed by atoms with E-state index < -0.39 is 5.82 Å². The maximum absolute atomic E-state index is 13.4. The number of rotatable bonds is 4. The average molecular weight is 306 g/mol. The summed E-state index contributed by atoms with van der Waals surface area (Å²) >= 11 is 1.78. The molecule has 1 fully saturated rings. The summed E-state index contributed by atoms with van der Waals surface area (Å²) in [7, 11) is 0. The first-order chi connectivity index (χ1) is 10.1. The van der Waals surface area contributed by atoms with Crippen LogP contribution in [0.3, 0.4) is 0 Å². The second-order valence-corrected chi connectivity index (χ2v) is 6.39. The van der Waals surface area contributed by atoms with E-state index in [4.69, 9.17) is 5.73 Å². The van der Waals surface area contributed by atoms with E-state index in [0.717, 1.165) is 12.8 Å². The minimum atomic E-state index is -0.443. The fourth-order valence-electron chi connectivity index (χ4n) is 2.32. The summed E-state index contributed by atoms with van der Waals surface area (Å²) < 4.78 is 13.5. The van der Waals surface area contributed by atoms with Crippen molar-refractivity contribution < 1.29 is 9.18 Å². The molecule has 1 aromatic carbocycles. The number of amides is 1. The van der Waals surface area contributed by atoms with Gasteiger partial charge in [-0.1, -0.05) is 18.3 Å². The molecular weight excluding hydrogens is 287 g/mol. The van der Waals surface area contributed by atoms with Crippen LogP contribution >= 0.6 is 11.8 Å². The Morgan fingerprint density at radius 3 is 2.86 bits per heavy atom. The summed E-state index contributed by atoms with van der Waals surface area (Å²) in [5.74, 6) is 4.78. The molecule has 0 saturated heterocycles. The smallest absolute Gasteiger partial charge is 0.252 e. The highest BCUT2D eigenvalue weighted by molar-refractivity contribution is 8.00. The highest BCUT2D eigenvalue weighted by Crippen LogP contribution is 2.42. The number of halogens is 1. The van der Waals surface area contributed by atoms with Gasteiger partial charge in [0.05, 0.1) is 12.1 Å². The number of carbonyl (C=O) groups is 1. The van der Waals surface area contributed by atoms with E-state index in [9.17, 15) is 9.18 Å². The van der Waals surface area contributed by atoms with Crippen LogP contribution in [0, 0.1) is 17.7 Å². The Balaban J connectivity index is 2.12. The van der Waals surface area contributed by atoms with Crippen molar-refractivity contribution >= 4 is 17.7 Å². The molecule has 112 valence electrons. The van der Waals surface area contributed by atoms with Crippen LogP contribution in [0.4, 0.5) is 4.39 Å². The Bertz CT molecular complexity index is 582. The van der Waals surface area contributed by atoms with Gasteiger partial charge < -0.3 is 11.1 Å². The predicted octanol–water partition coefficient (Wildman–Crippen LogP) is 2.15. The molecule has 3 nitrogen and oxygen atoms in total. The number of nitrogens with two attached hydrogens (primary N) is 1. The van der Waals surface area contributed by atoms with Gasteiger partial charge in [-0.2, -0.15) is 11.8 Å². The third-order valence-corrected chi connectivity index (χ3v) is 5.24. The third-order valence-electron chi connectivity index (χ3n) is 3.82. The van der Waals surface area contributed by atoms with Gasteiger partial charge in [-0.3, -0.25) is 4.79 Å². The van der Waals surface area contributed by atoms with E-state index in [1.54, 1.807) is 11.8 Å². The molecule has 0 spiro atoms. The predicted molar refractivity (Wildman–Crippen MR) is 84.8 cm³/mol. The molecule has 1 aromatic rings. The maximum Gasteiger partial charge on any atom is 0.252 e. The zero-order valence-corrected chi connectivity index (χ0v) is 12.9. The third kappa shape index (κ3) is 3.78. The SMILES string of the molecule is CSC1(CNC(=O)c2cc(F)ccc2C#CCN)CCC1. The molecule has 1 aliphatic carbocycles. The van der Waals surface area contributed by atoms with Crippen LogP contribution in [0.1, 0.15) is 35.2 Å². The van der Waals surface area contributed by atoms with Gasteiger partial charge in [0.2, 0.25) is 0 Å². The zero-order valence-electron chi connectivity index (χ0n) is 12.0. The van der Waals surface area contributed by atoms with Crippen LogP contribution in [0.5, 0.6) is 0 Å². The number of hydrogen-bond donors (Lipinski definition) is 2. The molecule has 0 unspecified atom stereocenters. The Morgan fingerprint density at radius 1 is 1.52 bits per heavy atom. The van der Waals surface area contributed by atoms with Crippen molar-refractivity contribution in [2.75, 3.05) is 19.3 Å². The molecule has 21 heavy (non-hydrogen) atoms. The molecule has 0 radical (unpaired) electrons. The molecule has 0 bridgehead atoms. The fourth-order valence-corrected chi connectivity index (χ4v) is 3.23. The average Bonchev–Trinajstić information content (AvgIpc) is 2.45. The van der Waals surface area contributed by atoms with Crippen LogP contribution in [0.2, 0.25) is 0 Å². The largest absolute Gasteiger partial charge is 0.351 e. The Labute approximate surface area is 128 Å². The van der Waals surface area contributed by atoms with Gasteiger partial charge in [-0.25, -0.2) is 4.39 Å². The van der Waals surface area contributed by atoms with Gasteiger partial charge in [-0.15, -0.1) is 0 Å². The maximum atomic E-state index is 13.4. The van der Waals surface area contributed by atoms with Crippen molar-refractivity contribution in [1.29, 1.82) is 0 Å². The number of thioether (sulfide) groups is 1. The lowest BCUT2D eigenvalue weighted by Gasteiger charge is -2.40. The topological polar surface area (TPSA) is 55.1 Å². The molecular formula is C16H19FN2OS. The van der Waals surface area contributed by atoms with E-state index in [2.05, 4.69) is 23.4 Å². The Morgan fingerprint density at radius 2 is 2.29 bits per heavy atom. The Kier molecular flexibility index (Phi) is 5.27. The summed E-state index contributed by atoms with van der Waals surface area (Å²) in [5.41, 5.74) is 6.12. The molecule has 0 aromatic heterocycles. The second-order valence-electron chi connectivity index (χ2n) is 5.12. The lowest BCUT2D eigenvalue weighted by molar-refractivity contribution is 0.0943. The highest BCUT2D eigenvalue weighted by Gasteiger charge is 2.36. The fraction of sp³-hybridized carbons (Fsp3) is 0.438. The van der Waals surface area contributed by atoms with E-state index in [1.165, 1.54) is 24.6 Å². The van der Waals surface area contributed by atoms with Crippen molar-refractivity contribution in [3.63, 3.8) is 0 Å². The monoisotopic (exact) mass is 306 g/mol. The second kappa shape index (κ2) is 6.97. The standard InChI is InChI=1S/C16H19FN2OS/c1-21-16(7-3-8-16)11-19-15(20)14-10-13(17)6-5-12(14)4-2-9-18/h5-6,10H,3,7-9,11,18H2,1H3,(H,19,20). The molecule has 1 amide bonds. The van der Waals surface area contributed by atoms with E-state index in [1.807, 2.05) is 0 Å². The van der Waals surface area contributed by atoms with E-state index in [-0.39, 0.29) is 22.8 Å². The molecule has 0 atom stereocenters. The van der Waals surface area contributed by atoms with Crippen LogP contribution in [0.25, 0.3) is 0 Å². The van der Waals surface area contributed by atoms with Crippen molar-refractivity contribution in [3.8, 4) is 11.8 Å². The quantitative estimate of drug-likeness (QED) is 0.838. The van der Waals surface area contributed by atoms with Crippen LogP contribution in [0.15, 0.2) is 18.2 Å². The summed E-state index contributed by atoms with van der Waals surface area (Å²) in [5, 5.41) is 2.91. The van der Waals surface area contributed by atoms with Crippen LogP contribution in [-0.4, -0.2) is 30.0 Å². The number of benzene rings is 1. The van der Waals surface area contributed by atoms with Gasteiger partial charge >= 0.3 is 0 Å². The number of carbonyl (C=O) groups excluding carboxylic acids is 1. The first kappa shape index (κ1) is 15.9. The molecule has 1 aliphatic rings. The zero-order chi connectivity index (χ0) is 15.3. The van der Waals surface area contributed by atoms with Crippen molar-refractivity contribution in [2.45, 2.75) is 24.0 Å². The highest BCUT2D eigenvalue weighted by atomic mass is 32.2. The van der Waals surface area contributed by atoms with Crippen molar-refractivity contribution in [2.24, 2.45) is 5.73 Å². The normalized spacial score (nSPS) is 15.6. The van der Waals surface area contributed by atoms with Gasteiger partial charge in [-0.05, 0) is 37.3 Å². The first-order valence-corrected chi connectivity index (χ1v) is 8.14. The van der Waals surface area contributed by atoms with E-state index in [0.29, 0.717) is 12.1 Å². The van der Waals surface area contributed by atoms with Gasteiger partial charge in [0, 0.05) is 16.9 Å². The minimum Gasteiger partial charge on any atom is -0.351 e. The molecule has 0 aliphatic heterocycles.